The molecule has 0 radical (unpaired) electrons. The summed E-state index contributed by atoms with van der Waals surface area (Å²) < 4.78 is 7.10. The summed E-state index contributed by atoms with van der Waals surface area (Å²) in [5.74, 6) is 2.14. The molecular formula is C16H20N4O2S. The van der Waals surface area contributed by atoms with Gasteiger partial charge in [-0.25, -0.2) is 0 Å². The minimum Gasteiger partial charge on any atom is -0.497 e. The third-order valence-electron chi connectivity index (χ3n) is 3.13. The topological polar surface area (TPSA) is 69.0 Å². The lowest BCUT2D eigenvalue weighted by Gasteiger charge is -2.07. The summed E-state index contributed by atoms with van der Waals surface area (Å²) in [5, 5.41) is 11.8. The van der Waals surface area contributed by atoms with E-state index in [0.717, 1.165) is 16.7 Å². The lowest BCUT2D eigenvalue weighted by Crippen LogP contribution is -2.12. The van der Waals surface area contributed by atoms with Crippen LogP contribution < -0.4 is 10.1 Å². The first-order valence-corrected chi connectivity index (χ1v) is 8.20. The molecule has 1 heterocycles. The fourth-order valence-corrected chi connectivity index (χ4v) is 2.90. The smallest absolute Gasteiger partial charge is 0.225 e. The zero-order valence-electron chi connectivity index (χ0n) is 13.3. The van der Waals surface area contributed by atoms with E-state index in [1.54, 1.807) is 19.3 Å². The Morgan fingerprint density at radius 3 is 3.04 bits per heavy atom. The maximum absolute atomic E-state index is 12.0. The lowest BCUT2D eigenvalue weighted by atomic mass is 10.3. The number of rotatable bonds is 8. The monoisotopic (exact) mass is 332 g/mol. The number of aryl methyl sites for hydroxylation is 1. The van der Waals surface area contributed by atoms with Crippen molar-refractivity contribution in [2.45, 2.75) is 25.0 Å². The molecular weight excluding hydrogens is 312 g/mol. The van der Waals surface area contributed by atoms with Gasteiger partial charge in [0.2, 0.25) is 5.91 Å². The number of nitrogens with zero attached hydrogens (tertiary/aromatic N) is 3. The van der Waals surface area contributed by atoms with Crippen molar-refractivity contribution in [3.63, 3.8) is 0 Å². The molecule has 0 saturated heterocycles. The number of carbonyl (C=O) groups excluding carboxylic acids is 1. The Balaban J connectivity index is 1.84. The molecule has 0 bridgehead atoms. The van der Waals surface area contributed by atoms with Crippen molar-refractivity contribution in [2.24, 2.45) is 0 Å². The highest BCUT2D eigenvalue weighted by atomic mass is 32.2. The molecule has 7 heteroatoms. The van der Waals surface area contributed by atoms with Crippen LogP contribution in [0.15, 0.2) is 42.1 Å². The molecule has 0 atom stereocenters. The minimum atomic E-state index is -0.0442. The minimum absolute atomic E-state index is 0.0442. The first kappa shape index (κ1) is 17.1. The molecule has 0 aliphatic carbocycles. The van der Waals surface area contributed by atoms with Gasteiger partial charge in [0.25, 0.3) is 0 Å². The zero-order chi connectivity index (χ0) is 16.7. The lowest BCUT2D eigenvalue weighted by molar-refractivity contribution is -0.115. The average molecular weight is 332 g/mol. The van der Waals surface area contributed by atoms with E-state index in [1.807, 2.05) is 29.7 Å². The highest BCUT2D eigenvalue weighted by Crippen LogP contribution is 2.19. The van der Waals surface area contributed by atoms with Gasteiger partial charge in [-0.15, -0.1) is 16.8 Å². The molecule has 0 spiro atoms. The number of nitrogens with one attached hydrogen (secondary N) is 1. The standard InChI is InChI=1S/C16H20N4O2S/c1-4-9-20-12(2)18-19-16(20)23-10-8-15(21)17-13-6-5-7-14(11-13)22-3/h4-7,11H,1,8-10H2,2-3H3,(H,17,21). The van der Waals surface area contributed by atoms with Gasteiger partial charge in [0.05, 0.1) is 7.11 Å². The second-order valence-electron chi connectivity index (χ2n) is 4.81. The fourth-order valence-electron chi connectivity index (χ4n) is 1.97. The van der Waals surface area contributed by atoms with Crippen LogP contribution in [0.4, 0.5) is 5.69 Å². The van der Waals surface area contributed by atoms with Crippen LogP contribution in [0.3, 0.4) is 0 Å². The summed E-state index contributed by atoms with van der Waals surface area (Å²) in [5.41, 5.74) is 0.727. The van der Waals surface area contributed by atoms with Gasteiger partial charge in [-0.1, -0.05) is 23.9 Å². The Kier molecular flexibility index (Phi) is 6.22. The first-order chi connectivity index (χ1) is 11.1. The van der Waals surface area contributed by atoms with E-state index in [1.165, 1.54) is 11.8 Å². The maximum atomic E-state index is 12.0. The molecule has 0 aliphatic rings. The number of aromatic nitrogens is 3. The first-order valence-electron chi connectivity index (χ1n) is 7.21. The number of thioether (sulfide) groups is 1. The van der Waals surface area contributed by atoms with Crippen molar-refractivity contribution < 1.29 is 9.53 Å². The molecule has 6 nitrogen and oxygen atoms in total. The fraction of sp³-hybridized carbons (Fsp3) is 0.312. The number of hydrogen-bond donors (Lipinski definition) is 1. The molecule has 1 amide bonds. The quantitative estimate of drug-likeness (QED) is 0.594. The maximum Gasteiger partial charge on any atom is 0.225 e. The van der Waals surface area contributed by atoms with E-state index in [-0.39, 0.29) is 5.91 Å². The Labute approximate surface area is 139 Å². The number of amides is 1. The number of carbonyl (C=O) groups is 1. The van der Waals surface area contributed by atoms with Gasteiger partial charge < -0.3 is 14.6 Å². The van der Waals surface area contributed by atoms with Crippen molar-refractivity contribution in [1.29, 1.82) is 0 Å². The highest BCUT2D eigenvalue weighted by Gasteiger charge is 2.09. The number of ether oxygens (including phenoxy) is 1. The van der Waals surface area contributed by atoms with Crippen LogP contribution in [-0.4, -0.2) is 33.5 Å². The van der Waals surface area contributed by atoms with Crippen molar-refractivity contribution in [3.8, 4) is 5.75 Å². The summed E-state index contributed by atoms with van der Waals surface area (Å²) in [4.78, 5) is 12.0. The van der Waals surface area contributed by atoms with Gasteiger partial charge in [0.1, 0.15) is 11.6 Å². The van der Waals surface area contributed by atoms with Gasteiger partial charge in [-0.2, -0.15) is 0 Å². The Morgan fingerprint density at radius 1 is 1.48 bits per heavy atom. The average Bonchev–Trinajstić information content (AvgIpc) is 2.89. The van der Waals surface area contributed by atoms with Crippen LogP contribution in [0.1, 0.15) is 12.2 Å². The van der Waals surface area contributed by atoms with Crippen molar-refractivity contribution in [1.82, 2.24) is 14.8 Å². The van der Waals surface area contributed by atoms with E-state index in [0.29, 0.717) is 24.5 Å². The van der Waals surface area contributed by atoms with Crippen LogP contribution in [0.25, 0.3) is 0 Å². The van der Waals surface area contributed by atoms with Crippen molar-refractivity contribution >= 4 is 23.4 Å². The van der Waals surface area contributed by atoms with Gasteiger partial charge in [0, 0.05) is 30.5 Å². The van der Waals surface area contributed by atoms with Crippen LogP contribution in [0, 0.1) is 6.92 Å². The third kappa shape index (κ3) is 4.85. The molecule has 0 saturated carbocycles. The largest absolute Gasteiger partial charge is 0.497 e. The van der Waals surface area contributed by atoms with Gasteiger partial charge in [-0.3, -0.25) is 4.79 Å². The Hall–Kier alpha value is -2.28. The summed E-state index contributed by atoms with van der Waals surface area (Å²) >= 11 is 1.51. The van der Waals surface area contributed by atoms with Gasteiger partial charge >= 0.3 is 0 Å². The molecule has 0 unspecified atom stereocenters. The van der Waals surface area contributed by atoms with Crippen LogP contribution in [0.5, 0.6) is 5.75 Å². The van der Waals surface area contributed by atoms with Crippen LogP contribution in [0.2, 0.25) is 0 Å². The van der Waals surface area contributed by atoms with Crippen molar-refractivity contribution in [3.05, 3.63) is 42.7 Å². The zero-order valence-corrected chi connectivity index (χ0v) is 14.1. The molecule has 1 N–H and O–H groups in total. The predicted octanol–water partition coefficient (Wildman–Crippen LogP) is 2.90. The summed E-state index contributed by atoms with van der Waals surface area (Å²) in [6.07, 6.45) is 2.19. The molecule has 122 valence electrons. The van der Waals surface area contributed by atoms with Gasteiger partial charge in [-0.05, 0) is 19.1 Å². The molecule has 1 aromatic carbocycles. The van der Waals surface area contributed by atoms with E-state index < -0.39 is 0 Å². The molecule has 0 aliphatic heterocycles. The molecule has 0 fully saturated rings. The highest BCUT2D eigenvalue weighted by molar-refractivity contribution is 7.99. The number of hydrogen-bond acceptors (Lipinski definition) is 5. The van der Waals surface area contributed by atoms with Crippen LogP contribution >= 0.6 is 11.8 Å². The molecule has 1 aromatic heterocycles. The van der Waals surface area contributed by atoms with E-state index in [2.05, 4.69) is 22.1 Å². The molecule has 23 heavy (non-hydrogen) atoms. The SMILES string of the molecule is C=CCn1c(C)nnc1SCCC(=O)Nc1cccc(OC)c1. The van der Waals surface area contributed by atoms with Crippen molar-refractivity contribution in [2.75, 3.05) is 18.2 Å². The number of anilines is 1. The second kappa shape index (κ2) is 8.38. The molecule has 2 aromatic rings. The van der Waals surface area contributed by atoms with Crippen LogP contribution in [-0.2, 0) is 11.3 Å². The normalized spacial score (nSPS) is 10.3. The summed E-state index contributed by atoms with van der Waals surface area (Å²) in [6, 6.07) is 7.29. The predicted molar refractivity (Wildman–Crippen MR) is 91.9 cm³/mol. The Morgan fingerprint density at radius 2 is 2.30 bits per heavy atom. The van der Waals surface area contributed by atoms with E-state index >= 15 is 0 Å². The number of benzene rings is 1. The third-order valence-corrected chi connectivity index (χ3v) is 4.10. The molecule has 2 rings (SSSR count). The summed E-state index contributed by atoms with van der Waals surface area (Å²) in [6.45, 7) is 6.29. The number of allylic oxidation sites excluding steroid dienone is 1. The summed E-state index contributed by atoms with van der Waals surface area (Å²) in [7, 11) is 1.60. The Bertz CT molecular complexity index is 684. The second-order valence-corrected chi connectivity index (χ2v) is 5.87. The number of methoxy groups -OCH3 is 1. The van der Waals surface area contributed by atoms with E-state index in [9.17, 15) is 4.79 Å². The van der Waals surface area contributed by atoms with E-state index in [4.69, 9.17) is 4.74 Å². The van der Waals surface area contributed by atoms with Gasteiger partial charge in [0.15, 0.2) is 5.16 Å².